The molecule has 94 valence electrons. The standard InChI is InChI=1S/C13H14N2O2S/c1-11-6-8-12(9-7-11)18(16,17-2)15-13-5-3-4-10-14-13/h3-10H,1-2H3. The molecule has 0 aliphatic carbocycles. The molecule has 0 saturated heterocycles. The van der Waals surface area contributed by atoms with Crippen LogP contribution in [0.2, 0.25) is 0 Å². The Kier molecular flexibility index (Phi) is 3.74. The predicted molar refractivity (Wildman–Crippen MR) is 70.9 cm³/mol. The van der Waals surface area contributed by atoms with E-state index in [1.807, 2.05) is 19.1 Å². The SMILES string of the molecule is COS(=O)(=Nc1ccccn1)c1ccc(C)cc1. The molecule has 0 aliphatic rings. The fourth-order valence-corrected chi connectivity index (χ4v) is 2.63. The number of hydrogen-bond donors (Lipinski definition) is 0. The molecular weight excluding hydrogens is 248 g/mol. The van der Waals surface area contributed by atoms with Crippen LogP contribution >= 0.6 is 0 Å². The average Bonchev–Trinajstić information content (AvgIpc) is 2.40. The summed E-state index contributed by atoms with van der Waals surface area (Å²) in [6.07, 6.45) is 1.60. The van der Waals surface area contributed by atoms with Crippen molar-refractivity contribution >= 4 is 15.8 Å². The first-order valence-electron chi connectivity index (χ1n) is 5.44. The van der Waals surface area contributed by atoms with Gasteiger partial charge in [0.15, 0.2) is 15.8 Å². The third kappa shape index (κ3) is 2.75. The number of benzene rings is 1. The molecule has 1 heterocycles. The molecule has 1 aromatic carbocycles. The van der Waals surface area contributed by atoms with Gasteiger partial charge in [-0.25, -0.2) is 9.19 Å². The van der Waals surface area contributed by atoms with Gasteiger partial charge in [-0.2, -0.15) is 4.36 Å². The van der Waals surface area contributed by atoms with Gasteiger partial charge in [0.1, 0.15) is 0 Å². The first-order valence-corrected chi connectivity index (χ1v) is 6.88. The van der Waals surface area contributed by atoms with Crippen LogP contribution in [0.5, 0.6) is 0 Å². The van der Waals surface area contributed by atoms with E-state index in [2.05, 4.69) is 9.35 Å². The molecule has 18 heavy (non-hydrogen) atoms. The van der Waals surface area contributed by atoms with E-state index >= 15 is 0 Å². The van der Waals surface area contributed by atoms with Crippen molar-refractivity contribution in [1.29, 1.82) is 0 Å². The summed E-state index contributed by atoms with van der Waals surface area (Å²) in [5.41, 5.74) is 1.09. The average molecular weight is 262 g/mol. The Morgan fingerprint density at radius 1 is 1.17 bits per heavy atom. The van der Waals surface area contributed by atoms with Gasteiger partial charge in [-0.15, -0.1) is 0 Å². The highest BCUT2D eigenvalue weighted by Gasteiger charge is 2.11. The molecule has 4 nitrogen and oxygen atoms in total. The lowest BCUT2D eigenvalue weighted by molar-refractivity contribution is 0.436. The highest BCUT2D eigenvalue weighted by Crippen LogP contribution is 2.20. The van der Waals surface area contributed by atoms with E-state index < -0.39 is 10.0 Å². The third-order valence-corrected chi connectivity index (χ3v) is 4.15. The van der Waals surface area contributed by atoms with Gasteiger partial charge >= 0.3 is 0 Å². The summed E-state index contributed by atoms with van der Waals surface area (Å²) in [7, 11) is -1.53. The summed E-state index contributed by atoms with van der Waals surface area (Å²) in [4.78, 5) is 4.57. The van der Waals surface area contributed by atoms with Crippen LogP contribution in [0.1, 0.15) is 5.56 Å². The molecular formula is C13H14N2O2S. The molecule has 0 bridgehead atoms. The highest BCUT2D eigenvalue weighted by atomic mass is 32.2. The maximum Gasteiger partial charge on any atom is 0.199 e. The van der Waals surface area contributed by atoms with Crippen molar-refractivity contribution in [2.24, 2.45) is 4.36 Å². The van der Waals surface area contributed by atoms with Crippen molar-refractivity contribution in [2.75, 3.05) is 7.11 Å². The predicted octanol–water partition coefficient (Wildman–Crippen LogP) is 3.11. The van der Waals surface area contributed by atoms with Crippen molar-refractivity contribution in [3.8, 4) is 0 Å². The molecule has 0 spiro atoms. The molecule has 1 aromatic heterocycles. The van der Waals surface area contributed by atoms with E-state index in [1.165, 1.54) is 7.11 Å². The molecule has 0 N–H and O–H groups in total. The Labute approximate surface area is 107 Å². The van der Waals surface area contributed by atoms with Crippen molar-refractivity contribution in [3.05, 3.63) is 54.2 Å². The van der Waals surface area contributed by atoms with Crippen molar-refractivity contribution in [2.45, 2.75) is 11.8 Å². The van der Waals surface area contributed by atoms with Crippen LogP contribution in [-0.4, -0.2) is 16.3 Å². The van der Waals surface area contributed by atoms with E-state index in [0.29, 0.717) is 10.7 Å². The minimum Gasteiger partial charge on any atom is -0.284 e. The Hall–Kier alpha value is -1.72. The minimum atomic E-state index is -2.91. The van der Waals surface area contributed by atoms with E-state index in [9.17, 15) is 4.21 Å². The zero-order valence-corrected chi connectivity index (χ0v) is 11.1. The summed E-state index contributed by atoms with van der Waals surface area (Å²) in [5, 5.41) is 0. The number of pyridine rings is 1. The lowest BCUT2D eigenvalue weighted by Gasteiger charge is -2.07. The van der Waals surface area contributed by atoms with E-state index in [4.69, 9.17) is 4.18 Å². The fourth-order valence-electron chi connectivity index (χ4n) is 1.43. The van der Waals surface area contributed by atoms with E-state index in [0.717, 1.165) is 5.56 Å². The molecule has 0 radical (unpaired) electrons. The van der Waals surface area contributed by atoms with Gasteiger partial charge in [0.05, 0.1) is 12.0 Å². The summed E-state index contributed by atoms with van der Waals surface area (Å²) in [5.74, 6) is 0.393. The van der Waals surface area contributed by atoms with Crippen molar-refractivity contribution in [1.82, 2.24) is 4.98 Å². The number of aryl methyl sites for hydroxylation is 1. The van der Waals surface area contributed by atoms with Crippen LogP contribution in [0, 0.1) is 6.92 Å². The number of rotatable bonds is 3. The van der Waals surface area contributed by atoms with Crippen LogP contribution in [0.15, 0.2) is 57.9 Å². The Morgan fingerprint density at radius 2 is 1.89 bits per heavy atom. The maximum absolute atomic E-state index is 12.6. The van der Waals surface area contributed by atoms with Gasteiger partial charge in [0.2, 0.25) is 0 Å². The molecule has 1 atom stereocenters. The number of hydrogen-bond acceptors (Lipinski definition) is 4. The van der Waals surface area contributed by atoms with Crippen LogP contribution in [0.4, 0.5) is 5.82 Å². The summed E-state index contributed by atoms with van der Waals surface area (Å²) >= 11 is 0. The second kappa shape index (κ2) is 5.29. The van der Waals surface area contributed by atoms with Crippen LogP contribution in [0.25, 0.3) is 0 Å². The molecule has 5 heteroatoms. The van der Waals surface area contributed by atoms with Gasteiger partial charge in [-0.05, 0) is 31.2 Å². The van der Waals surface area contributed by atoms with Crippen LogP contribution < -0.4 is 0 Å². The lowest BCUT2D eigenvalue weighted by atomic mass is 10.2. The van der Waals surface area contributed by atoms with Gasteiger partial charge < -0.3 is 0 Å². The normalized spacial score (nSPS) is 13.9. The first-order chi connectivity index (χ1) is 8.64. The Bertz CT molecular complexity index is 630. The van der Waals surface area contributed by atoms with Crippen molar-refractivity contribution in [3.63, 3.8) is 0 Å². The topological polar surface area (TPSA) is 51.5 Å². The third-order valence-electron chi connectivity index (χ3n) is 2.41. The monoisotopic (exact) mass is 262 g/mol. The van der Waals surface area contributed by atoms with Gasteiger partial charge in [-0.3, -0.25) is 4.18 Å². The van der Waals surface area contributed by atoms with E-state index in [1.54, 1.807) is 36.5 Å². The van der Waals surface area contributed by atoms with Gasteiger partial charge in [0.25, 0.3) is 0 Å². The molecule has 2 rings (SSSR count). The van der Waals surface area contributed by atoms with Gasteiger partial charge in [0, 0.05) is 6.20 Å². The zero-order valence-electron chi connectivity index (χ0n) is 10.2. The number of aromatic nitrogens is 1. The highest BCUT2D eigenvalue weighted by molar-refractivity contribution is 7.89. The smallest absolute Gasteiger partial charge is 0.199 e. The van der Waals surface area contributed by atoms with Gasteiger partial charge in [-0.1, -0.05) is 23.8 Å². The molecule has 0 amide bonds. The van der Waals surface area contributed by atoms with Crippen LogP contribution in [-0.2, 0) is 14.2 Å². The molecule has 0 aliphatic heterocycles. The quantitative estimate of drug-likeness (QED) is 0.854. The molecule has 2 aromatic rings. The largest absolute Gasteiger partial charge is 0.284 e. The molecule has 0 saturated carbocycles. The Balaban J connectivity index is 2.52. The van der Waals surface area contributed by atoms with E-state index in [-0.39, 0.29) is 0 Å². The molecule has 0 fully saturated rings. The summed E-state index contributed by atoms with van der Waals surface area (Å²) < 4.78 is 21.8. The maximum atomic E-state index is 12.6. The second-order valence-electron chi connectivity index (χ2n) is 3.73. The summed E-state index contributed by atoms with van der Waals surface area (Å²) in [6.45, 7) is 1.97. The minimum absolute atomic E-state index is 0.393. The lowest BCUT2D eigenvalue weighted by Crippen LogP contribution is -2.02. The Morgan fingerprint density at radius 3 is 2.44 bits per heavy atom. The molecule has 1 unspecified atom stereocenters. The first kappa shape index (κ1) is 12.7. The zero-order chi connectivity index (χ0) is 13.0. The fraction of sp³-hybridized carbons (Fsp3) is 0.154. The van der Waals surface area contributed by atoms with Crippen LogP contribution in [0.3, 0.4) is 0 Å². The summed E-state index contributed by atoms with van der Waals surface area (Å²) in [6, 6.07) is 12.5. The second-order valence-corrected chi connectivity index (χ2v) is 5.67. The van der Waals surface area contributed by atoms with Crippen molar-refractivity contribution < 1.29 is 8.39 Å². The number of nitrogens with zero attached hydrogens (tertiary/aromatic N) is 2.